The maximum Gasteiger partial charge on any atom is 0.432 e. The van der Waals surface area contributed by atoms with Crippen LogP contribution in [-0.4, -0.2) is 46.1 Å². The zero-order valence-electron chi connectivity index (χ0n) is 19.2. The highest BCUT2D eigenvalue weighted by Crippen LogP contribution is 2.34. The SMILES string of the molecule is O=C(NCC1CCc2ccccc2N1CC1CCCCC1)Nc1cccc2c1cnn2C(=O)O. The molecule has 2 aromatic carbocycles. The van der Waals surface area contributed by atoms with Gasteiger partial charge in [-0.05, 0) is 55.4 Å². The highest BCUT2D eigenvalue weighted by molar-refractivity contribution is 6.02. The van der Waals surface area contributed by atoms with Crippen LogP contribution in [0.25, 0.3) is 10.9 Å². The van der Waals surface area contributed by atoms with Crippen LogP contribution >= 0.6 is 0 Å². The summed E-state index contributed by atoms with van der Waals surface area (Å²) in [7, 11) is 0. The number of carbonyl (C=O) groups excluding carboxylic acids is 1. The summed E-state index contributed by atoms with van der Waals surface area (Å²) in [6.45, 7) is 1.59. The Balaban J connectivity index is 1.27. The molecule has 1 atom stereocenters. The van der Waals surface area contributed by atoms with Crippen molar-refractivity contribution in [2.75, 3.05) is 23.3 Å². The summed E-state index contributed by atoms with van der Waals surface area (Å²) < 4.78 is 0.904. The van der Waals surface area contributed by atoms with Crippen LogP contribution in [0, 0.1) is 5.92 Å². The Labute approximate surface area is 198 Å². The molecule has 2 amide bonds. The van der Waals surface area contributed by atoms with E-state index in [-0.39, 0.29) is 12.1 Å². The van der Waals surface area contributed by atoms with Crippen LogP contribution in [0.4, 0.5) is 21.0 Å². The molecule has 1 saturated carbocycles. The Morgan fingerprint density at radius 3 is 2.68 bits per heavy atom. The van der Waals surface area contributed by atoms with Gasteiger partial charge in [0.05, 0.1) is 17.4 Å². The van der Waals surface area contributed by atoms with Crippen molar-refractivity contribution in [2.24, 2.45) is 5.92 Å². The fourth-order valence-electron chi connectivity index (χ4n) is 5.47. The molecule has 1 aromatic heterocycles. The summed E-state index contributed by atoms with van der Waals surface area (Å²) in [6, 6.07) is 13.7. The number of aryl methyl sites for hydroxylation is 1. The number of benzene rings is 2. The van der Waals surface area contributed by atoms with Crippen LogP contribution in [0.5, 0.6) is 0 Å². The first-order chi connectivity index (χ1) is 16.6. The minimum absolute atomic E-state index is 0.244. The van der Waals surface area contributed by atoms with Crippen molar-refractivity contribution in [1.29, 1.82) is 0 Å². The largest absolute Gasteiger partial charge is 0.463 e. The van der Waals surface area contributed by atoms with Crippen molar-refractivity contribution in [3.63, 3.8) is 0 Å². The molecule has 1 aliphatic heterocycles. The molecule has 178 valence electrons. The molecule has 0 spiro atoms. The van der Waals surface area contributed by atoms with Gasteiger partial charge in [0.15, 0.2) is 0 Å². The van der Waals surface area contributed by atoms with E-state index in [1.807, 2.05) is 0 Å². The van der Waals surface area contributed by atoms with Crippen LogP contribution in [0.3, 0.4) is 0 Å². The number of nitrogens with one attached hydrogen (secondary N) is 2. The minimum Gasteiger partial charge on any atom is -0.463 e. The number of carbonyl (C=O) groups is 2. The van der Waals surface area contributed by atoms with Gasteiger partial charge in [-0.1, -0.05) is 43.5 Å². The van der Waals surface area contributed by atoms with E-state index in [9.17, 15) is 14.7 Å². The second kappa shape index (κ2) is 9.75. The number of carboxylic acid groups (broad SMARTS) is 1. The van der Waals surface area contributed by atoms with Gasteiger partial charge in [-0.25, -0.2) is 9.59 Å². The third-order valence-corrected chi connectivity index (χ3v) is 7.21. The summed E-state index contributed by atoms with van der Waals surface area (Å²) >= 11 is 0. The van der Waals surface area contributed by atoms with E-state index < -0.39 is 6.09 Å². The van der Waals surface area contributed by atoms with Crippen LogP contribution in [-0.2, 0) is 6.42 Å². The van der Waals surface area contributed by atoms with Gasteiger partial charge >= 0.3 is 12.1 Å². The number of para-hydroxylation sites is 1. The zero-order chi connectivity index (χ0) is 23.5. The standard InChI is InChI=1S/C26H31N5O3/c32-25(29-22-10-6-12-24-21(22)16-28-31(24)26(33)34)27-15-20-14-13-19-9-4-5-11-23(19)30(20)17-18-7-2-1-3-8-18/h4-6,9-12,16,18,20H,1-3,7-8,13-15,17H2,(H,33,34)(H2,27,29,32). The van der Waals surface area contributed by atoms with Crippen molar-refractivity contribution < 1.29 is 14.7 Å². The van der Waals surface area contributed by atoms with Crippen LogP contribution < -0.4 is 15.5 Å². The van der Waals surface area contributed by atoms with Crippen molar-refractivity contribution in [2.45, 2.75) is 51.0 Å². The normalized spacial score (nSPS) is 18.5. The van der Waals surface area contributed by atoms with E-state index in [1.165, 1.54) is 49.6 Å². The average molecular weight is 462 g/mol. The van der Waals surface area contributed by atoms with E-state index in [4.69, 9.17) is 0 Å². The fourth-order valence-corrected chi connectivity index (χ4v) is 5.47. The molecule has 2 aliphatic rings. The molecule has 1 aliphatic carbocycles. The number of hydrogen-bond donors (Lipinski definition) is 3. The number of fused-ring (bicyclic) bond motifs is 2. The van der Waals surface area contributed by atoms with E-state index in [2.05, 4.69) is 44.9 Å². The molecule has 2 heterocycles. The van der Waals surface area contributed by atoms with E-state index in [0.717, 1.165) is 24.1 Å². The Hall–Kier alpha value is -3.55. The summed E-state index contributed by atoms with van der Waals surface area (Å²) in [6.07, 6.45) is 8.86. The van der Waals surface area contributed by atoms with Crippen molar-refractivity contribution in [3.8, 4) is 0 Å². The van der Waals surface area contributed by atoms with Gasteiger partial charge in [0.1, 0.15) is 0 Å². The number of hydrogen-bond acceptors (Lipinski definition) is 4. The van der Waals surface area contributed by atoms with Gasteiger partial charge in [-0.3, -0.25) is 0 Å². The number of amides is 2. The predicted molar refractivity (Wildman–Crippen MR) is 133 cm³/mol. The lowest BCUT2D eigenvalue weighted by atomic mass is 9.87. The topological polar surface area (TPSA) is 99.5 Å². The Kier molecular flexibility index (Phi) is 6.38. The maximum absolute atomic E-state index is 12.8. The molecular weight excluding hydrogens is 430 g/mol. The second-order valence-corrected chi connectivity index (χ2v) is 9.39. The smallest absolute Gasteiger partial charge is 0.432 e. The summed E-state index contributed by atoms with van der Waals surface area (Å²) in [5.74, 6) is 0.708. The molecule has 5 rings (SSSR count). The molecule has 0 bridgehead atoms. The molecule has 3 aromatic rings. The second-order valence-electron chi connectivity index (χ2n) is 9.39. The number of nitrogens with zero attached hydrogens (tertiary/aromatic N) is 3. The fraction of sp³-hybridized carbons (Fsp3) is 0.423. The Morgan fingerprint density at radius 2 is 1.85 bits per heavy atom. The van der Waals surface area contributed by atoms with Gasteiger partial charge in [0.2, 0.25) is 0 Å². The number of anilines is 2. The molecule has 8 heteroatoms. The number of aromatic nitrogens is 2. The summed E-state index contributed by atoms with van der Waals surface area (Å²) in [5.41, 5.74) is 3.67. The third-order valence-electron chi connectivity index (χ3n) is 7.21. The molecular formula is C26H31N5O3. The van der Waals surface area contributed by atoms with E-state index in [0.29, 0.717) is 29.1 Å². The predicted octanol–water partition coefficient (Wildman–Crippen LogP) is 5.09. The van der Waals surface area contributed by atoms with Gasteiger partial charge in [-0.2, -0.15) is 9.78 Å². The van der Waals surface area contributed by atoms with E-state index >= 15 is 0 Å². The van der Waals surface area contributed by atoms with Gasteiger partial charge < -0.3 is 20.6 Å². The maximum atomic E-state index is 12.8. The van der Waals surface area contributed by atoms with Gasteiger partial charge in [-0.15, -0.1) is 0 Å². The molecule has 3 N–H and O–H groups in total. The first-order valence-electron chi connectivity index (χ1n) is 12.2. The number of urea groups is 1. The quantitative estimate of drug-likeness (QED) is 0.492. The van der Waals surface area contributed by atoms with Crippen LogP contribution in [0.1, 0.15) is 44.1 Å². The minimum atomic E-state index is -1.16. The summed E-state index contributed by atoms with van der Waals surface area (Å²) in [4.78, 5) is 26.7. The van der Waals surface area contributed by atoms with Crippen molar-refractivity contribution >= 4 is 34.4 Å². The highest BCUT2D eigenvalue weighted by atomic mass is 16.4. The molecule has 1 fully saturated rings. The molecule has 1 unspecified atom stereocenters. The molecule has 34 heavy (non-hydrogen) atoms. The lowest BCUT2D eigenvalue weighted by Crippen LogP contribution is -2.49. The monoisotopic (exact) mass is 461 g/mol. The first-order valence-corrected chi connectivity index (χ1v) is 12.2. The van der Waals surface area contributed by atoms with Crippen LogP contribution in [0.2, 0.25) is 0 Å². The van der Waals surface area contributed by atoms with Gasteiger partial charge in [0, 0.05) is 30.2 Å². The Bertz CT molecular complexity index is 1180. The third kappa shape index (κ3) is 4.58. The van der Waals surface area contributed by atoms with Crippen molar-refractivity contribution in [1.82, 2.24) is 15.1 Å². The first kappa shape index (κ1) is 22.3. The number of rotatable bonds is 5. The lowest BCUT2D eigenvalue weighted by Gasteiger charge is -2.41. The highest BCUT2D eigenvalue weighted by Gasteiger charge is 2.29. The van der Waals surface area contributed by atoms with Crippen molar-refractivity contribution in [3.05, 3.63) is 54.2 Å². The molecule has 8 nitrogen and oxygen atoms in total. The Morgan fingerprint density at radius 1 is 1.03 bits per heavy atom. The summed E-state index contributed by atoms with van der Waals surface area (Å²) in [5, 5.41) is 19.7. The lowest BCUT2D eigenvalue weighted by molar-refractivity contribution is 0.194. The van der Waals surface area contributed by atoms with Crippen LogP contribution in [0.15, 0.2) is 48.7 Å². The van der Waals surface area contributed by atoms with E-state index in [1.54, 1.807) is 18.2 Å². The van der Waals surface area contributed by atoms with Gasteiger partial charge in [0.25, 0.3) is 0 Å². The zero-order valence-corrected chi connectivity index (χ0v) is 19.2. The molecule has 0 radical (unpaired) electrons. The average Bonchev–Trinajstić information content (AvgIpc) is 3.30. The molecule has 0 saturated heterocycles.